The van der Waals surface area contributed by atoms with Crippen molar-refractivity contribution in [2.75, 3.05) is 13.2 Å². The predicted molar refractivity (Wildman–Crippen MR) is 112 cm³/mol. The van der Waals surface area contributed by atoms with E-state index in [-0.39, 0.29) is 11.3 Å². The minimum atomic E-state index is -1.82. The minimum absolute atomic E-state index is 0.108. The smallest absolute Gasteiger partial charge is 0.414 e. The number of hydrogen-bond acceptors (Lipinski definition) is 6. The average Bonchev–Trinajstić information content (AvgIpc) is 2.96. The number of aliphatic carboxylic acids is 2. The van der Waals surface area contributed by atoms with Gasteiger partial charge in [0, 0.05) is 24.1 Å². The summed E-state index contributed by atoms with van der Waals surface area (Å²) in [6.45, 7) is 5.28. The summed E-state index contributed by atoms with van der Waals surface area (Å²) < 4.78 is 0. The van der Waals surface area contributed by atoms with Crippen molar-refractivity contribution in [3.63, 3.8) is 0 Å². The number of aryl methyl sites for hydroxylation is 1. The van der Waals surface area contributed by atoms with Gasteiger partial charge in [0.15, 0.2) is 0 Å². The molecule has 0 heterocycles. The van der Waals surface area contributed by atoms with Crippen LogP contribution >= 0.6 is 0 Å². The number of benzene rings is 1. The monoisotopic (exact) mass is 420 g/mol. The molecule has 0 unspecified atom stereocenters. The summed E-state index contributed by atoms with van der Waals surface area (Å²) in [5.74, 6) is -2.92. The Labute approximate surface area is 176 Å². The molecule has 2 aliphatic rings. The van der Waals surface area contributed by atoms with Crippen LogP contribution in [0.1, 0.15) is 56.1 Å². The van der Waals surface area contributed by atoms with E-state index in [1.54, 1.807) is 0 Å². The van der Waals surface area contributed by atoms with E-state index < -0.39 is 17.5 Å². The van der Waals surface area contributed by atoms with Gasteiger partial charge in [-0.2, -0.15) is 0 Å². The van der Waals surface area contributed by atoms with Crippen molar-refractivity contribution in [2.45, 2.75) is 57.5 Å². The maximum atomic E-state index is 11.4. The molecule has 2 aliphatic carbocycles. The first kappa shape index (κ1) is 23.8. The number of carboxylic acids is 2. The van der Waals surface area contributed by atoms with Gasteiger partial charge in [0.2, 0.25) is 0 Å². The summed E-state index contributed by atoms with van der Waals surface area (Å²) in [6.07, 6.45) is 6.72. The van der Waals surface area contributed by atoms with Gasteiger partial charge in [0.1, 0.15) is 6.61 Å². The summed E-state index contributed by atoms with van der Waals surface area (Å²) in [7, 11) is 0. The van der Waals surface area contributed by atoms with Crippen molar-refractivity contribution in [2.24, 2.45) is 22.2 Å². The Hall–Kier alpha value is -2.45. The lowest BCUT2D eigenvalue weighted by Gasteiger charge is -2.48. The van der Waals surface area contributed by atoms with Crippen molar-refractivity contribution >= 4 is 18.2 Å². The second-order valence-corrected chi connectivity index (χ2v) is 8.43. The molecule has 0 aliphatic heterocycles. The first-order chi connectivity index (χ1) is 14.1. The summed E-state index contributed by atoms with van der Waals surface area (Å²) in [6, 6.07) is 8.74. The van der Waals surface area contributed by atoms with Crippen LogP contribution in [0.4, 0.5) is 0 Å². The van der Waals surface area contributed by atoms with Gasteiger partial charge in [-0.25, -0.2) is 9.59 Å². The van der Waals surface area contributed by atoms with Gasteiger partial charge >= 0.3 is 11.9 Å². The molecule has 8 heteroatoms. The van der Waals surface area contributed by atoms with Crippen LogP contribution in [0.3, 0.4) is 0 Å². The Morgan fingerprint density at radius 1 is 1.27 bits per heavy atom. The molecule has 2 fully saturated rings. The van der Waals surface area contributed by atoms with E-state index in [1.807, 2.05) is 6.21 Å². The zero-order valence-corrected chi connectivity index (χ0v) is 17.6. The third-order valence-electron chi connectivity index (χ3n) is 6.57. The van der Waals surface area contributed by atoms with Crippen molar-refractivity contribution in [3.05, 3.63) is 35.4 Å². The van der Waals surface area contributed by atoms with E-state index in [1.165, 1.54) is 11.1 Å². The van der Waals surface area contributed by atoms with Crippen LogP contribution in [0.25, 0.3) is 0 Å². The highest BCUT2D eigenvalue weighted by atomic mass is 16.6. The minimum Gasteiger partial charge on any atom is -0.473 e. The van der Waals surface area contributed by atoms with Gasteiger partial charge in [-0.15, -0.1) is 0 Å². The van der Waals surface area contributed by atoms with Crippen LogP contribution in [-0.2, 0) is 14.4 Å². The van der Waals surface area contributed by atoms with E-state index in [0.717, 1.165) is 32.1 Å². The second kappa shape index (κ2) is 10.0. The number of nitrogens with zero attached hydrogens (tertiary/aromatic N) is 1. The van der Waals surface area contributed by atoms with Crippen LogP contribution in [-0.4, -0.2) is 52.2 Å². The topological polar surface area (TPSA) is 142 Å². The van der Waals surface area contributed by atoms with Crippen molar-refractivity contribution < 1.29 is 29.7 Å². The molecular formula is C22H32N2O6. The first-order valence-corrected chi connectivity index (χ1v) is 10.2. The number of carboxylic acid groups (broad SMARTS) is 2. The lowest BCUT2D eigenvalue weighted by atomic mass is 9.59. The number of rotatable bonds is 5. The van der Waals surface area contributed by atoms with Crippen LogP contribution in [0.15, 0.2) is 29.4 Å². The fourth-order valence-electron chi connectivity index (χ4n) is 4.75. The van der Waals surface area contributed by atoms with Gasteiger partial charge in [-0.3, -0.25) is 0 Å². The number of fused-ring (bicyclic) bond motifs is 1. The van der Waals surface area contributed by atoms with E-state index >= 15 is 0 Å². The third kappa shape index (κ3) is 5.37. The molecule has 0 saturated heterocycles. The second-order valence-electron chi connectivity index (χ2n) is 8.43. The standard InChI is InChI=1S/C20H30N2O2.C2H2O4/c1-15-4-3-5-16(12-15)17-6-8-19(2)18(14-22-24-11-10-21)7-9-20(19,23)13-17;3-1(4)2(5)6/h3-5,12,14,17-18,23H,6-11,13,21H2,1-2H3;(H,3,4)(H,5,6)/t17-,18+,19+,20-;/m0./s1. The molecule has 0 radical (unpaired) electrons. The average molecular weight is 421 g/mol. The van der Waals surface area contributed by atoms with Gasteiger partial charge in [0.05, 0.1) is 5.60 Å². The summed E-state index contributed by atoms with van der Waals surface area (Å²) >= 11 is 0. The molecule has 5 N–H and O–H groups in total. The fraction of sp³-hybridized carbons (Fsp3) is 0.591. The Balaban J connectivity index is 0.000000469. The Bertz CT molecular complexity index is 771. The Kier molecular flexibility index (Phi) is 7.97. The molecule has 0 spiro atoms. The molecule has 30 heavy (non-hydrogen) atoms. The zero-order chi connectivity index (χ0) is 22.4. The van der Waals surface area contributed by atoms with Gasteiger partial charge < -0.3 is 25.9 Å². The van der Waals surface area contributed by atoms with Gasteiger partial charge in [-0.05, 0) is 50.5 Å². The highest BCUT2D eigenvalue weighted by molar-refractivity contribution is 6.27. The molecule has 8 nitrogen and oxygen atoms in total. The molecule has 166 valence electrons. The van der Waals surface area contributed by atoms with Crippen molar-refractivity contribution in [3.8, 4) is 0 Å². The lowest BCUT2D eigenvalue weighted by molar-refractivity contribution is -0.159. The predicted octanol–water partition coefficient (Wildman–Crippen LogP) is 2.53. The quantitative estimate of drug-likeness (QED) is 0.248. The first-order valence-electron chi connectivity index (χ1n) is 10.2. The lowest BCUT2D eigenvalue weighted by Crippen LogP contribution is -2.49. The molecular weight excluding hydrogens is 388 g/mol. The molecule has 3 rings (SSSR count). The Morgan fingerprint density at radius 2 is 1.97 bits per heavy atom. The number of oxime groups is 1. The number of hydrogen-bond donors (Lipinski definition) is 4. The Morgan fingerprint density at radius 3 is 2.57 bits per heavy atom. The van der Waals surface area contributed by atoms with E-state index in [0.29, 0.717) is 19.1 Å². The van der Waals surface area contributed by atoms with Gasteiger partial charge in [-0.1, -0.05) is 41.9 Å². The van der Waals surface area contributed by atoms with Crippen molar-refractivity contribution in [1.29, 1.82) is 0 Å². The van der Waals surface area contributed by atoms with E-state index in [9.17, 15) is 5.11 Å². The summed E-state index contributed by atoms with van der Waals surface area (Å²) in [5.41, 5.74) is 7.37. The molecule has 4 atom stereocenters. The molecule has 0 amide bonds. The van der Waals surface area contributed by atoms with Crippen LogP contribution in [0, 0.1) is 18.3 Å². The summed E-state index contributed by atoms with van der Waals surface area (Å²) in [5, 5.41) is 30.3. The maximum absolute atomic E-state index is 11.4. The van der Waals surface area contributed by atoms with E-state index in [4.69, 9.17) is 30.4 Å². The molecule has 1 aromatic rings. The molecule has 0 bridgehead atoms. The fourth-order valence-corrected chi connectivity index (χ4v) is 4.75. The number of aliphatic hydroxyl groups is 1. The molecule has 2 saturated carbocycles. The van der Waals surface area contributed by atoms with E-state index in [2.05, 4.69) is 43.3 Å². The molecule has 0 aromatic heterocycles. The largest absolute Gasteiger partial charge is 0.473 e. The van der Waals surface area contributed by atoms with Crippen molar-refractivity contribution in [1.82, 2.24) is 0 Å². The SMILES string of the molecule is Cc1cccc([C@H]2CC[C@]3(C)[C@@H](C=NOCCN)CC[C@]3(O)C2)c1.O=C(O)C(=O)O. The normalized spacial score (nSPS) is 30.3. The maximum Gasteiger partial charge on any atom is 0.414 e. The number of carbonyl (C=O) groups is 2. The highest BCUT2D eigenvalue weighted by Gasteiger charge is 2.58. The van der Waals surface area contributed by atoms with Gasteiger partial charge in [0.25, 0.3) is 0 Å². The van der Waals surface area contributed by atoms with Crippen LogP contribution in [0.5, 0.6) is 0 Å². The van der Waals surface area contributed by atoms with Crippen LogP contribution < -0.4 is 5.73 Å². The van der Waals surface area contributed by atoms with Crippen LogP contribution in [0.2, 0.25) is 0 Å². The number of nitrogens with two attached hydrogens (primary N) is 1. The molecule has 1 aromatic carbocycles. The third-order valence-corrected chi connectivity index (χ3v) is 6.57. The zero-order valence-electron chi connectivity index (χ0n) is 17.6. The summed E-state index contributed by atoms with van der Waals surface area (Å²) in [4.78, 5) is 23.4. The highest BCUT2D eigenvalue weighted by Crippen LogP contribution is 2.60.